The number of halogens is 3. The van der Waals surface area contributed by atoms with Gasteiger partial charge in [0.15, 0.2) is 9.84 Å². The topological polar surface area (TPSA) is 115 Å². The van der Waals surface area contributed by atoms with E-state index < -0.39 is 55.1 Å². The van der Waals surface area contributed by atoms with E-state index in [2.05, 4.69) is 15.3 Å². The van der Waals surface area contributed by atoms with Gasteiger partial charge < -0.3 is 10.1 Å². The number of anilines is 1. The van der Waals surface area contributed by atoms with Gasteiger partial charge in [-0.15, -0.1) is 0 Å². The monoisotopic (exact) mass is 427 g/mol. The van der Waals surface area contributed by atoms with Crippen LogP contribution >= 0.6 is 0 Å². The van der Waals surface area contributed by atoms with Crippen molar-refractivity contribution in [1.82, 2.24) is 9.97 Å². The molecule has 0 atom stereocenters. The molecule has 0 saturated carbocycles. The van der Waals surface area contributed by atoms with E-state index in [-0.39, 0.29) is 11.4 Å². The first-order chi connectivity index (χ1) is 13.4. The third-order valence-electron chi connectivity index (χ3n) is 3.90. The number of nitrogens with one attached hydrogen (secondary N) is 1. The van der Waals surface area contributed by atoms with Crippen LogP contribution in [0.15, 0.2) is 41.2 Å². The number of Topliss-reactive ketones (excluding diaryl/α,β-unsaturated/α-hetero) is 2. The van der Waals surface area contributed by atoms with Crippen LogP contribution in [-0.4, -0.2) is 43.3 Å². The Hall–Kier alpha value is -3.28. The molecule has 0 spiro atoms. The second kappa shape index (κ2) is 6.95. The third-order valence-corrected chi connectivity index (χ3v) is 5.03. The van der Waals surface area contributed by atoms with Crippen LogP contribution in [0, 0.1) is 0 Å². The zero-order valence-corrected chi connectivity index (χ0v) is 15.7. The molecule has 0 amide bonds. The molecule has 0 aliphatic heterocycles. The molecule has 0 radical (unpaired) electrons. The summed E-state index contributed by atoms with van der Waals surface area (Å²) < 4.78 is 68.6. The number of allylic oxidation sites excluding steroid dienone is 2. The van der Waals surface area contributed by atoms with Crippen LogP contribution in [0.5, 0.6) is 5.75 Å². The molecular formula is C17H12F3N3O5S. The van der Waals surface area contributed by atoms with Gasteiger partial charge in [0.2, 0.25) is 11.6 Å². The van der Waals surface area contributed by atoms with Crippen LogP contribution in [0.2, 0.25) is 0 Å². The lowest BCUT2D eigenvalue weighted by Gasteiger charge is -2.20. The minimum atomic E-state index is -4.73. The Bertz CT molecular complexity index is 1170. The lowest BCUT2D eigenvalue weighted by molar-refractivity contribution is -0.137. The number of aromatic nitrogens is 2. The molecule has 29 heavy (non-hydrogen) atoms. The number of nitrogens with zero attached hydrogens (tertiary/aromatic N) is 2. The zero-order chi connectivity index (χ0) is 21.6. The van der Waals surface area contributed by atoms with E-state index in [0.717, 1.165) is 31.6 Å². The minimum Gasteiger partial charge on any atom is -0.497 e. The summed E-state index contributed by atoms with van der Waals surface area (Å²) in [6, 6.07) is 2.50. The molecule has 0 saturated heterocycles. The van der Waals surface area contributed by atoms with E-state index in [9.17, 15) is 31.2 Å². The molecule has 12 heteroatoms. The molecule has 8 nitrogen and oxygen atoms in total. The first-order valence-electron chi connectivity index (χ1n) is 7.81. The van der Waals surface area contributed by atoms with Gasteiger partial charge in [0.05, 0.1) is 12.7 Å². The minimum absolute atomic E-state index is 0.196. The fourth-order valence-corrected chi connectivity index (χ4v) is 3.63. The maximum Gasteiger partial charge on any atom is 0.416 e. The molecule has 1 aliphatic rings. The molecule has 1 aromatic heterocycles. The van der Waals surface area contributed by atoms with Crippen molar-refractivity contribution in [2.24, 2.45) is 0 Å². The summed E-state index contributed by atoms with van der Waals surface area (Å²) in [4.78, 5) is 31.9. The molecular weight excluding hydrogens is 415 g/mol. The quantitative estimate of drug-likeness (QED) is 0.790. The number of methoxy groups -OCH3 is 1. The Labute approximate surface area is 162 Å². The lowest BCUT2D eigenvalue weighted by atomic mass is 10.0. The molecule has 0 bridgehead atoms. The highest BCUT2D eigenvalue weighted by molar-refractivity contribution is 7.95. The van der Waals surface area contributed by atoms with E-state index >= 15 is 0 Å². The van der Waals surface area contributed by atoms with Crippen LogP contribution < -0.4 is 10.1 Å². The Balaban J connectivity index is 2.21. The second-order valence-electron chi connectivity index (χ2n) is 5.96. The zero-order valence-electron chi connectivity index (χ0n) is 14.9. The molecule has 152 valence electrons. The lowest BCUT2D eigenvalue weighted by Crippen LogP contribution is -2.31. The molecule has 2 aromatic rings. The number of ether oxygens (including phenoxy) is 1. The first kappa shape index (κ1) is 20.5. The number of hydrogen-bond donors (Lipinski definition) is 1. The standard InChI is InChI=1S/C17H12F3N3O5S/c1-28-10-6-8(17(18,19)20)5-9(7-10)23-13-14(24)11-12(22-4-3-21-11)15(25)16(13)29(2,26)27/h3-7,23H,1-2H3. The predicted molar refractivity (Wildman–Crippen MR) is 94.2 cm³/mol. The van der Waals surface area contributed by atoms with E-state index in [1.165, 1.54) is 0 Å². The summed E-state index contributed by atoms with van der Waals surface area (Å²) in [5, 5.41) is 2.33. The Morgan fingerprint density at radius 3 is 2.10 bits per heavy atom. The predicted octanol–water partition coefficient (Wildman–Crippen LogP) is 2.25. The number of alkyl halides is 3. The fourth-order valence-electron chi connectivity index (χ4n) is 2.68. The van der Waals surface area contributed by atoms with Crippen molar-refractivity contribution in [1.29, 1.82) is 0 Å². The number of sulfone groups is 1. The van der Waals surface area contributed by atoms with Gasteiger partial charge in [-0.2, -0.15) is 13.2 Å². The number of hydrogen-bond acceptors (Lipinski definition) is 8. The molecule has 0 fully saturated rings. The summed E-state index contributed by atoms with van der Waals surface area (Å²) in [5.74, 6) is -2.28. The second-order valence-corrected chi connectivity index (χ2v) is 7.91. The average molecular weight is 427 g/mol. The van der Waals surface area contributed by atoms with Crippen molar-refractivity contribution in [3.8, 4) is 5.75 Å². The van der Waals surface area contributed by atoms with Crippen molar-refractivity contribution >= 4 is 27.1 Å². The number of carbonyl (C=O) groups is 2. The van der Waals surface area contributed by atoms with Crippen molar-refractivity contribution < 1.29 is 35.9 Å². The van der Waals surface area contributed by atoms with Crippen molar-refractivity contribution in [2.75, 3.05) is 18.7 Å². The smallest absolute Gasteiger partial charge is 0.416 e. The Morgan fingerprint density at radius 1 is 1.00 bits per heavy atom. The summed E-state index contributed by atoms with van der Waals surface area (Å²) in [7, 11) is -3.11. The number of rotatable bonds is 4. The van der Waals surface area contributed by atoms with Crippen LogP contribution in [0.1, 0.15) is 26.5 Å². The number of fused-ring (bicyclic) bond motifs is 1. The molecule has 1 heterocycles. The van der Waals surface area contributed by atoms with E-state index in [1.54, 1.807) is 0 Å². The van der Waals surface area contributed by atoms with Crippen LogP contribution in [-0.2, 0) is 16.0 Å². The Morgan fingerprint density at radius 2 is 1.59 bits per heavy atom. The molecule has 1 aromatic carbocycles. The molecule has 1 N–H and O–H groups in total. The van der Waals surface area contributed by atoms with Gasteiger partial charge in [-0.3, -0.25) is 9.59 Å². The van der Waals surface area contributed by atoms with E-state index in [4.69, 9.17) is 4.74 Å². The summed E-state index contributed by atoms with van der Waals surface area (Å²) in [6.45, 7) is 0. The summed E-state index contributed by atoms with van der Waals surface area (Å²) >= 11 is 0. The maximum absolute atomic E-state index is 13.1. The van der Waals surface area contributed by atoms with Gasteiger partial charge in [0, 0.05) is 30.4 Å². The largest absolute Gasteiger partial charge is 0.497 e. The van der Waals surface area contributed by atoms with Gasteiger partial charge in [-0.25, -0.2) is 18.4 Å². The number of ketones is 2. The number of benzene rings is 1. The summed E-state index contributed by atoms with van der Waals surface area (Å²) in [6.07, 6.45) is -1.80. The molecule has 0 unspecified atom stereocenters. The van der Waals surface area contributed by atoms with Crippen LogP contribution in [0.25, 0.3) is 0 Å². The van der Waals surface area contributed by atoms with Crippen molar-refractivity contribution in [3.63, 3.8) is 0 Å². The van der Waals surface area contributed by atoms with Crippen LogP contribution in [0.3, 0.4) is 0 Å². The van der Waals surface area contributed by atoms with Crippen molar-refractivity contribution in [3.05, 3.63) is 58.1 Å². The highest BCUT2D eigenvalue weighted by atomic mass is 32.2. The first-order valence-corrected chi connectivity index (χ1v) is 9.70. The molecule has 3 rings (SSSR count). The van der Waals surface area contributed by atoms with E-state index in [1.807, 2.05) is 0 Å². The van der Waals surface area contributed by atoms with Gasteiger partial charge in [0.1, 0.15) is 27.7 Å². The average Bonchev–Trinajstić information content (AvgIpc) is 2.64. The van der Waals surface area contributed by atoms with Gasteiger partial charge in [-0.1, -0.05) is 0 Å². The number of carbonyl (C=O) groups excluding carboxylic acids is 2. The van der Waals surface area contributed by atoms with Gasteiger partial charge >= 0.3 is 6.18 Å². The van der Waals surface area contributed by atoms with Crippen LogP contribution in [0.4, 0.5) is 18.9 Å². The Kier molecular flexibility index (Phi) is 4.91. The van der Waals surface area contributed by atoms with E-state index in [0.29, 0.717) is 12.3 Å². The fraction of sp³-hybridized carbons (Fsp3) is 0.176. The molecule has 1 aliphatic carbocycles. The van der Waals surface area contributed by atoms with Crippen molar-refractivity contribution in [2.45, 2.75) is 6.18 Å². The highest BCUT2D eigenvalue weighted by Crippen LogP contribution is 2.35. The van der Waals surface area contributed by atoms with Gasteiger partial charge in [0.25, 0.3) is 0 Å². The highest BCUT2D eigenvalue weighted by Gasteiger charge is 2.40. The van der Waals surface area contributed by atoms with Gasteiger partial charge in [-0.05, 0) is 12.1 Å². The maximum atomic E-state index is 13.1. The SMILES string of the molecule is COc1cc(NC2=C(S(C)(=O)=O)C(=O)c3nccnc3C2=O)cc(C(F)(F)F)c1. The summed E-state index contributed by atoms with van der Waals surface area (Å²) in [5.41, 5.74) is -2.99. The normalized spacial score (nSPS) is 14.7. The third kappa shape index (κ3) is 3.83.